The van der Waals surface area contributed by atoms with E-state index in [0.29, 0.717) is 22.1 Å². The molecule has 0 fully saturated rings. The number of hydrogen-bond donors (Lipinski definition) is 2. The second-order valence-electron chi connectivity index (χ2n) is 6.88. The summed E-state index contributed by atoms with van der Waals surface area (Å²) < 4.78 is 1.90. The maximum absolute atomic E-state index is 12.5. The van der Waals surface area contributed by atoms with Gasteiger partial charge in [0.15, 0.2) is 5.16 Å². The molecule has 4 rings (SSSR count). The van der Waals surface area contributed by atoms with E-state index in [1.165, 1.54) is 23.1 Å². The van der Waals surface area contributed by atoms with Gasteiger partial charge in [-0.2, -0.15) is 0 Å². The van der Waals surface area contributed by atoms with E-state index in [-0.39, 0.29) is 11.7 Å². The number of hydrogen-bond acceptors (Lipinski definition) is 6. The standard InChI is InChI=1S/C20H21N5O2S2/c1-25-15(10-12-6-3-2-4-7-12)23-24-20(25)28-11-16(26)22-19-17(18(21)27)13-8-5-9-14(13)29-19/h2-4,6-7H,5,8-11H2,1H3,(H2,21,27)(H,22,26). The Bertz CT molecular complexity index is 1060. The highest BCUT2D eigenvalue weighted by atomic mass is 32.2. The first-order valence-electron chi connectivity index (χ1n) is 9.32. The second kappa shape index (κ2) is 8.38. The van der Waals surface area contributed by atoms with Crippen LogP contribution >= 0.6 is 23.1 Å². The van der Waals surface area contributed by atoms with Crippen molar-refractivity contribution in [3.05, 3.63) is 57.7 Å². The van der Waals surface area contributed by atoms with Crippen LogP contribution in [0, 0.1) is 0 Å². The number of amides is 2. The highest BCUT2D eigenvalue weighted by Gasteiger charge is 2.26. The first-order valence-corrected chi connectivity index (χ1v) is 11.1. The lowest BCUT2D eigenvalue weighted by molar-refractivity contribution is -0.113. The zero-order valence-electron chi connectivity index (χ0n) is 16.0. The molecule has 2 amide bonds. The summed E-state index contributed by atoms with van der Waals surface area (Å²) in [6, 6.07) is 10.1. The zero-order chi connectivity index (χ0) is 20.4. The lowest BCUT2D eigenvalue weighted by atomic mass is 10.1. The Labute approximate surface area is 176 Å². The molecule has 0 bridgehead atoms. The van der Waals surface area contributed by atoms with Gasteiger partial charge in [0.1, 0.15) is 10.8 Å². The van der Waals surface area contributed by atoms with Crippen LogP contribution in [0.3, 0.4) is 0 Å². The van der Waals surface area contributed by atoms with E-state index >= 15 is 0 Å². The Kier molecular flexibility index (Phi) is 5.68. The van der Waals surface area contributed by atoms with E-state index in [9.17, 15) is 9.59 Å². The number of thiophene rings is 1. The SMILES string of the molecule is Cn1c(Cc2ccccc2)nnc1SCC(=O)Nc1sc2c(c1C(N)=O)CCC2. The quantitative estimate of drug-likeness (QED) is 0.565. The summed E-state index contributed by atoms with van der Waals surface area (Å²) in [6.45, 7) is 0. The molecule has 1 aliphatic carbocycles. The highest BCUT2D eigenvalue weighted by Crippen LogP contribution is 2.38. The number of anilines is 1. The van der Waals surface area contributed by atoms with Crippen LogP contribution in [0.25, 0.3) is 0 Å². The van der Waals surface area contributed by atoms with Gasteiger partial charge in [-0.05, 0) is 30.4 Å². The number of nitrogens with zero attached hydrogens (tertiary/aromatic N) is 3. The van der Waals surface area contributed by atoms with Crippen LogP contribution in [0.2, 0.25) is 0 Å². The van der Waals surface area contributed by atoms with Gasteiger partial charge in [0.25, 0.3) is 5.91 Å². The van der Waals surface area contributed by atoms with Gasteiger partial charge in [-0.1, -0.05) is 42.1 Å². The number of fused-ring (bicyclic) bond motifs is 1. The molecule has 0 aliphatic heterocycles. The minimum atomic E-state index is -0.480. The van der Waals surface area contributed by atoms with Crippen LogP contribution in [-0.4, -0.2) is 32.3 Å². The lowest BCUT2D eigenvalue weighted by Crippen LogP contribution is -2.19. The van der Waals surface area contributed by atoms with E-state index < -0.39 is 5.91 Å². The van der Waals surface area contributed by atoms with Crippen LogP contribution in [0.4, 0.5) is 5.00 Å². The summed E-state index contributed by atoms with van der Waals surface area (Å²) in [5, 5.41) is 12.5. The maximum Gasteiger partial charge on any atom is 0.251 e. The Balaban J connectivity index is 1.39. The largest absolute Gasteiger partial charge is 0.365 e. The normalized spacial score (nSPS) is 12.7. The van der Waals surface area contributed by atoms with Crippen molar-refractivity contribution >= 4 is 39.9 Å². The van der Waals surface area contributed by atoms with Crippen molar-refractivity contribution in [2.75, 3.05) is 11.1 Å². The summed E-state index contributed by atoms with van der Waals surface area (Å²) in [4.78, 5) is 25.5. The summed E-state index contributed by atoms with van der Waals surface area (Å²) in [5.74, 6) is 0.346. The topological polar surface area (TPSA) is 103 Å². The van der Waals surface area contributed by atoms with Crippen LogP contribution in [0.15, 0.2) is 35.5 Å². The smallest absolute Gasteiger partial charge is 0.251 e. The molecule has 0 saturated heterocycles. The van der Waals surface area contributed by atoms with Gasteiger partial charge in [0.05, 0.1) is 11.3 Å². The third kappa shape index (κ3) is 4.20. The van der Waals surface area contributed by atoms with E-state index in [1.807, 2.05) is 41.9 Å². The third-order valence-electron chi connectivity index (χ3n) is 4.88. The van der Waals surface area contributed by atoms with Crippen molar-refractivity contribution in [3.63, 3.8) is 0 Å². The molecule has 29 heavy (non-hydrogen) atoms. The third-order valence-corrected chi connectivity index (χ3v) is 7.11. The van der Waals surface area contributed by atoms with E-state index in [0.717, 1.165) is 41.1 Å². The number of aromatic nitrogens is 3. The van der Waals surface area contributed by atoms with Gasteiger partial charge in [-0.3, -0.25) is 9.59 Å². The molecule has 2 heterocycles. The first kappa shape index (κ1) is 19.7. The maximum atomic E-state index is 12.5. The van der Waals surface area contributed by atoms with Gasteiger partial charge >= 0.3 is 0 Å². The van der Waals surface area contributed by atoms with Gasteiger partial charge in [-0.25, -0.2) is 0 Å². The van der Waals surface area contributed by atoms with Crippen LogP contribution in [0.1, 0.15) is 38.6 Å². The van der Waals surface area contributed by atoms with E-state index in [2.05, 4.69) is 15.5 Å². The monoisotopic (exact) mass is 427 g/mol. The van der Waals surface area contributed by atoms with Gasteiger partial charge < -0.3 is 15.6 Å². The minimum Gasteiger partial charge on any atom is -0.365 e. The van der Waals surface area contributed by atoms with Crippen molar-refractivity contribution in [2.24, 2.45) is 12.8 Å². The average molecular weight is 428 g/mol. The molecule has 7 nitrogen and oxygen atoms in total. The fourth-order valence-electron chi connectivity index (χ4n) is 3.45. The molecule has 2 aromatic heterocycles. The molecule has 0 radical (unpaired) electrons. The van der Waals surface area contributed by atoms with Gasteiger partial charge in [-0.15, -0.1) is 21.5 Å². The molecule has 1 aromatic carbocycles. The minimum absolute atomic E-state index is 0.179. The van der Waals surface area contributed by atoms with Crippen molar-refractivity contribution in [2.45, 2.75) is 30.8 Å². The molecule has 1 aliphatic rings. The van der Waals surface area contributed by atoms with Crippen LogP contribution < -0.4 is 11.1 Å². The number of nitrogens with one attached hydrogen (secondary N) is 1. The summed E-state index contributed by atoms with van der Waals surface area (Å²) in [7, 11) is 1.90. The number of carbonyl (C=O) groups is 2. The first-order chi connectivity index (χ1) is 14.0. The number of benzene rings is 1. The molecule has 3 N–H and O–H groups in total. The van der Waals surface area contributed by atoms with Crippen molar-refractivity contribution in [3.8, 4) is 0 Å². The van der Waals surface area contributed by atoms with Gasteiger partial charge in [0, 0.05) is 18.3 Å². The molecule has 0 spiro atoms. The van der Waals surface area contributed by atoms with Crippen molar-refractivity contribution in [1.29, 1.82) is 0 Å². The number of nitrogens with two attached hydrogens (primary N) is 1. The molecule has 3 aromatic rings. The molecule has 0 saturated carbocycles. The molecule has 0 unspecified atom stereocenters. The fourth-order valence-corrected chi connectivity index (χ4v) is 5.49. The highest BCUT2D eigenvalue weighted by molar-refractivity contribution is 7.99. The molecule has 150 valence electrons. The molecular formula is C20H21N5O2S2. The number of aryl methyl sites for hydroxylation is 1. The molecular weight excluding hydrogens is 406 g/mol. The van der Waals surface area contributed by atoms with Crippen LogP contribution in [0.5, 0.6) is 0 Å². The summed E-state index contributed by atoms with van der Waals surface area (Å²) >= 11 is 2.78. The average Bonchev–Trinajstić information content (AvgIpc) is 3.36. The number of thioether (sulfide) groups is 1. The van der Waals surface area contributed by atoms with Crippen molar-refractivity contribution < 1.29 is 9.59 Å². The van der Waals surface area contributed by atoms with E-state index in [4.69, 9.17) is 5.73 Å². The Morgan fingerprint density at radius 3 is 2.79 bits per heavy atom. The summed E-state index contributed by atoms with van der Waals surface area (Å²) in [5.41, 5.74) is 8.18. The van der Waals surface area contributed by atoms with E-state index in [1.54, 1.807) is 0 Å². The predicted molar refractivity (Wildman–Crippen MR) is 114 cm³/mol. The second-order valence-corrected chi connectivity index (χ2v) is 8.93. The van der Waals surface area contributed by atoms with Crippen molar-refractivity contribution in [1.82, 2.24) is 14.8 Å². The Morgan fingerprint density at radius 1 is 1.24 bits per heavy atom. The Morgan fingerprint density at radius 2 is 2.03 bits per heavy atom. The van der Waals surface area contributed by atoms with Gasteiger partial charge in [0.2, 0.25) is 5.91 Å². The number of rotatable bonds is 7. The zero-order valence-corrected chi connectivity index (χ0v) is 17.6. The summed E-state index contributed by atoms with van der Waals surface area (Å²) in [6.07, 6.45) is 3.49. The predicted octanol–water partition coefficient (Wildman–Crippen LogP) is 2.79. The number of carbonyl (C=O) groups excluding carboxylic acids is 2. The van der Waals surface area contributed by atoms with Crippen LogP contribution in [-0.2, 0) is 31.1 Å². The number of primary amides is 1. The lowest BCUT2D eigenvalue weighted by Gasteiger charge is -2.06. The Hall–Kier alpha value is -2.65. The molecule has 0 atom stereocenters. The molecule has 9 heteroatoms. The fraction of sp³-hybridized carbons (Fsp3) is 0.300.